The number of aliphatic hydroxyl groups is 1. The van der Waals surface area contributed by atoms with Crippen LogP contribution in [0.25, 0.3) is 0 Å². The smallest absolute Gasteiger partial charge is 0.110 e. The van der Waals surface area contributed by atoms with Crippen molar-refractivity contribution in [1.82, 2.24) is 15.1 Å². The Labute approximate surface area is 109 Å². The molecule has 1 aromatic rings. The van der Waals surface area contributed by atoms with E-state index in [0.29, 0.717) is 26.0 Å². The Morgan fingerprint density at radius 2 is 2.29 bits per heavy atom. The second-order valence-corrected chi connectivity index (χ2v) is 5.19. The first-order valence-corrected chi connectivity index (χ1v) is 6.60. The molecule has 2 rings (SSSR count). The maximum Gasteiger partial charge on any atom is 0.110 e. The van der Waals surface area contributed by atoms with E-state index < -0.39 is 5.60 Å². The predicted octanol–water partition coefficient (Wildman–Crippen LogP) is 0.863. The van der Waals surface area contributed by atoms with Gasteiger partial charge in [-0.2, -0.15) is 5.10 Å². The molecular formula is C11H18BrN3O2. The van der Waals surface area contributed by atoms with Gasteiger partial charge in [0.05, 0.1) is 29.5 Å². The molecule has 2 heterocycles. The fourth-order valence-corrected chi connectivity index (χ4v) is 2.91. The number of aromatic nitrogens is 2. The van der Waals surface area contributed by atoms with E-state index in [-0.39, 0.29) is 0 Å². The Kier molecular flexibility index (Phi) is 4.19. The van der Waals surface area contributed by atoms with Crippen LogP contribution < -0.4 is 5.32 Å². The summed E-state index contributed by atoms with van der Waals surface area (Å²) in [5.74, 6) is 0. The molecular weight excluding hydrogens is 286 g/mol. The molecule has 5 nitrogen and oxygen atoms in total. The summed E-state index contributed by atoms with van der Waals surface area (Å²) >= 11 is 3.48. The Hall–Kier alpha value is -0.430. The molecule has 0 spiro atoms. The van der Waals surface area contributed by atoms with E-state index in [4.69, 9.17) is 4.74 Å². The Morgan fingerprint density at radius 1 is 1.59 bits per heavy atom. The van der Waals surface area contributed by atoms with Gasteiger partial charge in [-0.15, -0.1) is 0 Å². The molecule has 1 fully saturated rings. The summed E-state index contributed by atoms with van der Waals surface area (Å²) in [7, 11) is 1.66. The number of rotatable bonds is 4. The van der Waals surface area contributed by atoms with Gasteiger partial charge in [0.25, 0.3) is 0 Å². The molecule has 0 amide bonds. The minimum atomic E-state index is -0.783. The van der Waals surface area contributed by atoms with Crippen LogP contribution in [0.2, 0.25) is 0 Å². The zero-order valence-corrected chi connectivity index (χ0v) is 11.5. The summed E-state index contributed by atoms with van der Waals surface area (Å²) in [6.45, 7) is 2.92. The van der Waals surface area contributed by atoms with Crippen molar-refractivity contribution in [2.75, 3.05) is 26.8 Å². The van der Waals surface area contributed by atoms with Gasteiger partial charge in [0.1, 0.15) is 5.60 Å². The standard InChI is InChI=1S/C11H18BrN3O2/c1-17-7-6-15-10(9(12)8-14-15)11(16)2-4-13-5-3-11/h8,13,16H,2-7H2,1H3. The molecule has 96 valence electrons. The van der Waals surface area contributed by atoms with Crippen LogP contribution in [-0.4, -0.2) is 41.7 Å². The minimum absolute atomic E-state index is 0.593. The van der Waals surface area contributed by atoms with Gasteiger partial charge >= 0.3 is 0 Å². The predicted molar refractivity (Wildman–Crippen MR) is 67.8 cm³/mol. The molecule has 2 N–H and O–H groups in total. The highest BCUT2D eigenvalue weighted by atomic mass is 79.9. The molecule has 1 aliphatic rings. The molecule has 6 heteroatoms. The van der Waals surface area contributed by atoms with E-state index >= 15 is 0 Å². The van der Waals surface area contributed by atoms with Crippen molar-refractivity contribution in [3.63, 3.8) is 0 Å². The summed E-state index contributed by atoms with van der Waals surface area (Å²) in [6, 6.07) is 0. The average Bonchev–Trinajstić information content (AvgIpc) is 2.69. The van der Waals surface area contributed by atoms with Crippen molar-refractivity contribution in [1.29, 1.82) is 0 Å². The molecule has 17 heavy (non-hydrogen) atoms. The van der Waals surface area contributed by atoms with E-state index in [0.717, 1.165) is 23.3 Å². The van der Waals surface area contributed by atoms with Gasteiger partial charge in [-0.1, -0.05) is 0 Å². The topological polar surface area (TPSA) is 59.3 Å². The van der Waals surface area contributed by atoms with Crippen LogP contribution >= 0.6 is 15.9 Å². The van der Waals surface area contributed by atoms with E-state index in [1.165, 1.54) is 0 Å². The number of hydrogen-bond acceptors (Lipinski definition) is 4. The lowest BCUT2D eigenvalue weighted by Gasteiger charge is -2.33. The third-order valence-electron chi connectivity index (χ3n) is 3.17. The second kappa shape index (κ2) is 5.48. The van der Waals surface area contributed by atoms with Crippen LogP contribution in [-0.2, 0) is 16.9 Å². The van der Waals surface area contributed by atoms with Crippen LogP contribution in [0, 0.1) is 0 Å². The normalized spacial score (nSPS) is 19.5. The van der Waals surface area contributed by atoms with Gasteiger partial charge in [0.15, 0.2) is 0 Å². The summed E-state index contributed by atoms with van der Waals surface area (Å²) in [5, 5.41) is 18.3. The third-order valence-corrected chi connectivity index (χ3v) is 3.75. The van der Waals surface area contributed by atoms with Gasteiger partial charge in [0, 0.05) is 7.11 Å². The van der Waals surface area contributed by atoms with Crippen LogP contribution in [0.3, 0.4) is 0 Å². The van der Waals surface area contributed by atoms with Crippen LogP contribution in [0.15, 0.2) is 10.7 Å². The van der Waals surface area contributed by atoms with Gasteiger partial charge in [-0.25, -0.2) is 0 Å². The zero-order valence-electron chi connectivity index (χ0n) is 9.95. The quantitative estimate of drug-likeness (QED) is 0.866. The van der Waals surface area contributed by atoms with Crippen molar-refractivity contribution in [2.45, 2.75) is 25.0 Å². The summed E-state index contributed by atoms with van der Waals surface area (Å²) < 4.78 is 7.77. The third kappa shape index (κ3) is 2.70. The first-order chi connectivity index (χ1) is 8.17. The Morgan fingerprint density at radius 3 is 2.94 bits per heavy atom. The number of nitrogens with zero attached hydrogens (tertiary/aromatic N) is 2. The second-order valence-electron chi connectivity index (χ2n) is 4.34. The molecule has 0 aliphatic carbocycles. The molecule has 0 aromatic carbocycles. The summed E-state index contributed by atoms with van der Waals surface area (Å²) in [6.07, 6.45) is 3.17. The molecule has 0 atom stereocenters. The number of nitrogens with one attached hydrogen (secondary N) is 1. The van der Waals surface area contributed by atoms with Crippen LogP contribution in [0.1, 0.15) is 18.5 Å². The largest absolute Gasteiger partial charge is 0.383 e. The number of methoxy groups -OCH3 is 1. The van der Waals surface area contributed by atoms with E-state index in [1.807, 2.05) is 4.68 Å². The molecule has 0 unspecified atom stereocenters. The van der Waals surface area contributed by atoms with Crippen molar-refractivity contribution in [3.8, 4) is 0 Å². The molecule has 1 aromatic heterocycles. The monoisotopic (exact) mass is 303 g/mol. The van der Waals surface area contributed by atoms with Gasteiger partial charge in [0.2, 0.25) is 0 Å². The van der Waals surface area contributed by atoms with Crippen LogP contribution in [0.4, 0.5) is 0 Å². The molecule has 1 saturated heterocycles. The molecule has 0 bridgehead atoms. The van der Waals surface area contributed by atoms with Gasteiger partial charge in [-0.05, 0) is 41.9 Å². The Bertz CT molecular complexity index is 375. The molecule has 0 radical (unpaired) electrons. The Balaban J connectivity index is 2.25. The first-order valence-electron chi connectivity index (χ1n) is 5.81. The average molecular weight is 304 g/mol. The highest BCUT2D eigenvalue weighted by Crippen LogP contribution is 2.35. The SMILES string of the molecule is COCCn1ncc(Br)c1C1(O)CCNCC1. The lowest BCUT2D eigenvalue weighted by Crippen LogP contribution is -2.41. The maximum absolute atomic E-state index is 10.7. The number of piperidine rings is 1. The highest BCUT2D eigenvalue weighted by molar-refractivity contribution is 9.10. The lowest BCUT2D eigenvalue weighted by atomic mass is 9.89. The van der Waals surface area contributed by atoms with Crippen LogP contribution in [0.5, 0.6) is 0 Å². The first kappa shape index (κ1) is 13.0. The van der Waals surface area contributed by atoms with Gasteiger partial charge < -0.3 is 15.2 Å². The highest BCUT2D eigenvalue weighted by Gasteiger charge is 2.36. The maximum atomic E-state index is 10.7. The van der Waals surface area contributed by atoms with Crippen molar-refractivity contribution >= 4 is 15.9 Å². The number of halogens is 1. The van der Waals surface area contributed by atoms with E-state index in [1.54, 1.807) is 13.3 Å². The molecule has 1 aliphatic heterocycles. The summed E-state index contributed by atoms with van der Waals surface area (Å²) in [4.78, 5) is 0. The van der Waals surface area contributed by atoms with Gasteiger partial charge in [-0.3, -0.25) is 4.68 Å². The summed E-state index contributed by atoms with van der Waals surface area (Å²) in [5.41, 5.74) is 0.0879. The number of ether oxygens (including phenoxy) is 1. The van der Waals surface area contributed by atoms with Crippen molar-refractivity contribution < 1.29 is 9.84 Å². The fraction of sp³-hybridized carbons (Fsp3) is 0.727. The minimum Gasteiger partial charge on any atom is -0.383 e. The van der Waals surface area contributed by atoms with Crippen molar-refractivity contribution in [3.05, 3.63) is 16.4 Å². The number of hydrogen-bond donors (Lipinski definition) is 2. The zero-order chi connectivity index (χ0) is 12.3. The fourth-order valence-electron chi connectivity index (χ4n) is 2.25. The van der Waals surface area contributed by atoms with E-state index in [9.17, 15) is 5.11 Å². The van der Waals surface area contributed by atoms with E-state index in [2.05, 4.69) is 26.3 Å². The van der Waals surface area contributed by atoms with Crippen molar-refractivity contribution in [2.24, 2.45) is 0 Å². The molecule has 0 saturated carbocycles. The lowest BCUT2D eigenvalue weighted by molar-refractivity contribution is -0.00400.